The molecule has 3 heterocycles. The minimum Gasteiger partial charge on any atom is -0.352 e. The molecule has 1 N–H and O–H groups in total. The van der Waals surface area contributed by atoms with Gasteiger partial charge < -0.3 is 5.32 Å². The predicted octanol–water partition coefficient (Wildman–Crippen LogP) is 5.55. The summed E-state index contributed by atoms with van der Waals surface area (Å²) in [6, 6.07) is 15.1. The zero-order valence-electron chi connectivity index (χ0n) is 13.0. The standard InChI is InChI=1S/C19H14FN3S/c1-12-6-7-16(24-12)19-17(20)18(22-13-8-10-21-11-9-13)14-4-2-3-5-15(14)23-19/h2-11H,1H3,(H,21,22,23). The first-order chi connectivity index (χ1) is 11.7. The molecule has 0 spiro atoms. The van der Waals surface area contributed by atoms with Crippen molar-refractivity contribution in [3.05, 3.63) is 71.6 Å². The molecule has 0 fully saturated rings. The van der Waals surface area contributed by atoms with Gasteiger partial charge in [0.25, 0.3) is 0 Å². The molecule has 118 valence electrons. The van der Waals surface area contributed by atoms with Crippen LogP contribution in [0.2, 0.25) is 0 Å². The van der Waals surface area contributed by atoms with E-state index < -0.39 is 0 Å². The van der Waals surface area contributed by atoms with Gasteiger partial charge in [0.15, 0.2) is 5.82 Å². The van der Waals surface area contributed by atoms with Crippen molar-refractivity contribution >= 4 is 33.6 Å². The highest BCUT2D eigenvalue weighted by molar-refractivity contribution is 7.15. The molecular weight excluding hydrogens is 321 g/mol. The average molecular weight is 335 g/mol. The number of hydrogen-bond acceptors (Lipinski definition) is 4. The van der Waals surface area contributed by atoms with Crippen molar-refractivity contribution in [2.75, 3.05) is 5.32 Å². The van der Waals surface area contributed by atoms with Crippen molar-refractivity contribution in [2.45, 2.75) is 6.92 Å². The molecule has 0 aliphatic carbocycles. The van der Waals surface area contributed by atoms with Gasteiger partial charge in [-0.3, -0.25) is 4.98 Å². The first-order valence-electron chi connectivity index (χ1n) is 7.54. The number of anilines is 2. The summed E-state index contributed by atoms with van der Waals surface area (Å²) < 4.78 is 15.2. The van der Waals surface area contributed by atoms with E-state index >= 15 is 4.39 Å². The van der Waals surface area contributed by atoms with E-state index in [0.29, 0.717) is 11.4 Å². The molecule has 0 unspecified atom stereocenters. The van der Waals surface area contributed by atoms with Crippen LogP contribution in [-0.2, 0) is 0 Å². The molecule has 0 atom stereocenters. The topological polar surface area (TPSA) is 37.8 Å². The third-order valence-electron chi connectivity index (χ3n) is 3.76. The summed E-state index contributed by atoms with van der Waals surface area (Å²) in [7, 11) is 0. The Morgan fingerprint density at radius 1 is 1.00 bits per heavy atom. The second-order valence-electron chi connectivity index (χ2n) is 5.44. The minimum absolute atomic E-state index is 0.340. The molecule has 0 saturated heterocycles. The first-order valence-corrected chi connectivity index (χ1v) is 8.36. The van der Waals surface area contributed by atoms with Crippen LogP contribution in [0.1, 0.15) is 4.88 Å². The van der Waals surface area contributed by atoms with Crippen LogP contribution >= 0.6 is 11.3 Å². The SMILES string of the molecule is Cc1ccc(-c2nc3ccccc3c(Nc3ccncc3)c2F)s1. The molecule has 0 bridgehead atoms. The molecule has 0 amide bonds. The lowest BCUT2D eigenvalue weighted by Crippen LogP contribution is -1.99. The Labute approximate surface area is 142 Å². The Morgan fingerprint density at radius 2 is 1.79 bits per heavy atom. The lowest BCUT2D eigenvalue weighted by molar-refractivity contribution is 0.632. The quantitative estimate of drug-likeness (QED) is 0.533. The van der Waals surface area contributed by atoms with Gasteiger partial charge in [-0.15, -0.1) is 11.3 Å². The van der Waals surface area contributed by atoms with E-state index in [2.05, 4.69) is 15.3 Å². The van der Waals surface area contributed by atoms with Crippen molar-refractivity contribution < 1.29 is 4.39 Å². The van der Waals surface area contributed by atoms with Gasteiger partial charge in [-0.2, -0.15) is 0 Å². The van der Waals surface area contributed by atoms with Gasteiger partial charge >= 0.3 is 0 Å². The number of fused-ring (bicyclic) bond motifs is 1. The third-order valence-corrected chi connectivity index (χ3v) is 4.76. The monoisotopic (exact) mass is 335 g/mol. The molecule has 3 nitrogen and oxygen atoms in total. The van der Waals surface area contributed by atoms with Crippen LogP contribution in [0.25, 0.3) is 21.5 Å². The second-order valence-corrected chi connectivity index (χ2v) is 6.73. The molecule has 0 radical (unpaired) electrons. The molecule has 3 aromatic heterocycles. The van der Waals surface area contributed by atoms with Crippen molar-refractivity contribution in [3.63, 3.8) is 0 Å². The number of hydrogen-bond donors (Lipinski definition) is 1. The zero-order valence-corrected chi connectivity index (χ0v) is 13.8. The molecule has 5 heteroatoms. The summed E-state index contributed by atoms with van der Waals surface area (Å²) in [5, 5.41) is 3.94. The second kappa shape index (κ2) is 6.02. The molecule has 24 heavy (non-hydrogen) atoms. The molecule has 0 aliphatic heterocycles. The van der Waals surface area contributed by atoms with E-state index in [9.17, 15) is 0 Å². The Hall–Kier alpha value is -2.79. The highest BCUT2D eigenvalue weighted by Crippen LogP contribution is 2.36. The van der Waals surface area contributed by atoms with Crippen LogP contribution in [-0.4, -0.2) is 9.97 Å². The normalized spacial score (nSPS) is 10.9. The van der Waals surface area contributed by atoms with Gasteiger partial charge in [-0.05, 0) is 37.3 Å². The van der Waals surface area contributed by atoms with Crippen LogP contribution in [0.4, 0.5) is 15.8 Å². The van der Waals surface area contributed by atoms with Crippen LogP contribution in [0.5, 0.6) is 0 Å². The van der Waals surface area contributed by atoms with Gasteiger partial charge in [-0.25, -0.2) is 9.37 Å². The van der Waals surface area contributed by atoms with Crippen LogP contribution in [0, 0.1) is 12.7 Å². The maximum Gasteiger partial charge on any atom is 0.174 e. The largest absolute Gasteiger partial charge is 0.352 e. The maximum atomic E-state index is 15.2. The molecule has 0 saturated carbocycles. The Morgan fingerprint density at radius 3 is 2.54 bits per heavy atom. The molecular formula is C19H14FN3S. The molecule has 4 rings (SSSR count). The first kappa shape index (κ1) is 14.8. The molecule has 0 aliphatic rings. The number of rotatable bonds is 3. The van der Waals surface area contributed by atoms with Gasteiger partial charge in [0, 0.05) is 28.3 Å². The number of benzene rings is 1. The van der Waals surface area contributed by atoms with Crippen molar-refractivity contribution in [2.24, 2.45) is 0 Å². The summed E-state index contributed by atoms with van der Waals surface area (Å²) in [6.07, 6.45) is 3.35. The van der Waals surface area contributed by atoms with Crippen LogP contribution < -0.4 is 5.32 Å². The number of nitrogens with zero attached hydrogens (tertiary/aromatic N) is 2. The van der Waals surface area contributed by atoms with Crippen LogP contribution in [0.15, 0.2) is 60.9 Å². The minimum atomic E-state index is -0.340. The van der Waals surface area contributed by atoms with Crippen molar-refractivity contribution in [1.29, 1.82) is 0 Å². The summed E-state index contributed by atoms with van der Waals surface area (Å²) in [5.41, 5.74) is 2.36. The third kappa shape index (κ3) is 2.63. The lowest BCUT2D eigenvalue weighted by Gasteiger charge is -2.13. The number of aryl methyl sites for hydroxylation is 1. The lowest BCUT2D eigenvalue weighted by atomic mass is 10.1. The highest BCUT2D eigenvalue weighted by atomic mass is 32.1. The fraction of sp³-hybridized carbons (Fsp3) is 0.0526. The highest BCUT2D eigenvalue weighted by Gasteiger charge is 2.17. The number of thiophene rings is 1. The summed E-state index contributed by atoms with van der Waals surface area (Å²) in [5.74, 6) is -0.340. The smallest absolute Gasteiger partial charge is 0.174 e. The Bertz CT molecular complexity index is 1010. The van der Waals surface area contributed by atoms with Gasteiger partial charge in [0.2, 0.25) is 0 Å². The van der Waals surface area contributed by atoms with Crippen molar-refractivity contribution in [3.8, 4) is 10.6 Å². The van der Waals surface area contributed by atoms with E-state index in [1.54, 1.807) is 12.4 Å². The number of halogens is 1. The van der Waals surface area contributed by atoms with Gasteiger partial charge in [0.05, 0.1) is 16.1 Å². The average Bonchev–Trinajstić information content (AvgIpc) is 3.04. The van der Waals surface area contributed by atoms with Gasteiger partial charge in [0.1, 0.15) is 5.69 Å². The zero-order chi connectivity index (χ0) is 16.5. The summed E-state index contributed by atoms with van der Waals surface area (Å²) in [6.45, 7) is 2.00. The van der Waals surface area contributed by atoms with E-state index in [4.69, 9.17) is 0 Å². The van der Waals surface area contributed by atoms with Crippen LogP contribution in [0.3, 0.4) is 0 Å². The fourth-order valence-corrected chi connectivity index (χ4v) is 3.47. The molecule has 1 aromatic carbocycles. The Kier molecular flexibility index (Phi) is 3.70. The summed E-state index contributed by atoms with van der Waals surface area (Å²) in [4.78, 5) is 10.5. The van der Waals surface area contributed by atoms with E-state index in [1.165, 1.54) is 11.3 Å². The number of nitrogens with one attached hydrogen (secondary N) is 1. The summed E-state index contributed by atoms with van der Waals surface area (Å²) >= 11 is 1.54. The van der Waals surface area contributed by atoms with E-state index in [0.717, 1.165) is 26.3 Å². The van der Waals surface area contributed by atoms with Crippen molar-refractivity contribution in [1.82, 2.24) is 9.97 Å². The van der Waals surface area contributed by atoms with Gasteiger partial charge in [-0.1, -0.05) is 18.2 Å². The van der Waals surface area contributed by atoms with E-state index in [1.807, 2.05) is 55.5 Å². The van der Waals surface area contributed by atoms with E-state index in [-0.39, 0.29) is 5.82 Å². The number of aromatic nitrogens is 2. The Balaban J connectivity index is 1.94. The predicted molar refractivity (Wildman–Crippen MR) is 97.3 cm³/mol. The fourth-order valence-electron chi connectivity index (χ4n) is 2.62. The number of pyridine rings is 2. The number of para-hydroxylation sites is 1. The molecule has 4 aromatic rings. The maximum absolute atomic E-state index is 15.2.